The van der Waals surface area contributed by atoms with Crippen LogP contribution in [0.3, 0.4) is 0 Å². The molecule has 1 fully saturated rings. The Morgan fingerprint density at radius 3 is 2.29 bits per heavy atom. The van der Waals surface area contributed by atoms with Gasteiger partial charge in [-0.25, -0.2) is 18.0 Å². The van der Waals surface area contributed by atoms with Crippen LogP contribution in [0.2, 0.25) is 5.02 Å². The van der Waals surface area contributed by atoms with E-state index in [0.29, 0.717) is 28.2 Å². The minimum absolute atomic E-state index is 0.103. The molecule has 1 aliphatic rings. The molecule has 1 saturated heterocycles. The van der Waals surface area contributed by atoms with Gasteiger partial charge in [-0.05, 0) is 49.7 Å². The second-order valence-corrected chi connectivity index (χ2v) is 10.1. The van der Waals surface area contributed by atoms with Crippen molar-refractivity contribution in [3.8, 4) is 33.7 Å². The van der Waals surface area contributed by atoms with E-state index in [1.54, 1.807) is 38.5 Å². The van der Waals surface area contributed by atoms with E-state index in [1.165, 1.54) is 32.4 Å². The standard InChI is InChI=1S/C27H24ClF3N4O3/c1-15-23(34-13-26(2,38)27(30,31)14-34)9-17(12-32-15)20-11-18(29)10-19(24(20)36)16-4-5-22(21(28)8-16)35-7-6-33(3)25(35)37/h4-12,36,38H,13-14H2,1-3H3/t26-/m0/s1. The van der Waals surface area contributed by atoms with Crippen LogP contribution in [0.15, 0.2) is 59.8 Å². The van der Waals surface area contributed by atoms with Crippen molar-refractivity contribution in [1.29, 1.82) is 0 Å². The molecule has 0 bridgehead atoms. The van der Waals surface area contributed by atoms with Crippen molar-refractivity contribution in [2.75, 3.05) is 18.0 Å². The summed E-state index contributed by atoms with van der Waals surface area (Å²) in [5.74, 6) is -4.24. The number of β-amino-alcohol motifs (C(OH)–C–C–N with tert-alkyl or cyclic N) is 1. The molecule has 0 radical (unpaired) electrons. The fraction of sp³-hybridized carbons (Fsp3) is 0.259. The van der Waals surface area contributed by atoms with Gasteiger partial charge in [0.05, 0.1) is 35.2 Å². The molecule has 3 heterocycles. The van der Waals surface area contributed by atoms with Crippen molar-refractivity contribution in [3.63, 3.8) is 0 Å². The van der Waals surface area contributed by atoms with Crippen molar-refractivity contribution in [3.05, 3.63) is 82.0 Å². The maximum absolute atomic E-state index is 14.8. The third-order valence-corrected chi connectivity index (χ3v) is 7.23. The topological polar surface area (TPSA) is 83.5 Å². The maximum atomic E-state index is 14.8. The molecule has 0 amide bonds. The zero-order chi connectivity index (χ0) is 27.6. The van der Waals surface area contributed by atoms with Gasteiger partial charge >= 0.3 is 5.69 Å². The molecule has 5 rings (SSSR count). The zero-order valence-electron chi connectivity index (χ0n) is 20.7. The molecule has 0 spiro atoms. The predicted octanol–water partition coefficient (Wildman–Crippen LogP) is 4.92. The lowest BCUT2D eigenvalue weighted by Crippen LogP contribution is -2.43. The van der Waals surface area contributed by atoms with Crippen LogP contribution in [0, 0.1) is 12.7 Å². The highest BCUT2D eigenvalue weighted by atomic mass is 35.5. The van der Waals surface area contributed by atoms with E-state index in [9.17, 15) is 28.2 Å². The van der Waals surface area contributed by atoms with E-state index in [0.717, 1.165) is 19.1 Å². The molecule has 2 aromatic carbocycles. The van der Waals surface area contributed by atoms with Crippen molar-refractivity contribution in [2.45, 2.75) is 25.4 Å². The molecule has 7 nitrogen and oxygen atoms in total. The molecular weight excluding hydrogens is 521 g/mol. The predicted molar refractivity (Wildman–Crippen MR) is 139 cm³/mol. The van der Waals surface area contributed by atoms with Crippen LogP contribution in [0.5, 0.6) is 5.75 Å². The Morgan fingerprint density at radius 2 is 1.71 bits per heavy atom. The number of imidazole rings is 1. The molecule has 198 valence electrons. The smallest absolute Gasteiger partial charge is 0.332 e. The van der Waals surface area contributed by atoms with Gasteiger partial charge in [-0.2, -0.15) is 0 Å². The molecule has 38 heavy (non-hydrogen) atoms. The number of aliphatic hydroxyl groups is 1. The second-order valence-electron chi connectivity index (χ2n) is 9.74. The van der Waals surface area contributed by atoms with Gasteiger partial charge < -0.3 is 19.7 Å². The van der Waals surface area contributed by atoms with Crippen molar-refractivity contribution >= 4 is 17.3 Å². The molecule has 4 aromatic rings. The maximum Gasteiger partial charge on any atom is 0.332 e. The van der Waals surface area contributed by atoms with Crippen molar-refractivity contribution < 1.29 is 23.4 Å². The Labute approximate surface area is 221 Å². The fourth-order valence-electron chi connectivity index (χ4n) is 4.67. The van der Waals surface area contributed by atoms with Gasteiger partial charge in [-0.15, -0.1) is 0 Å². The van der Waals surface area contributed by atoms with Gasteiger partial charge in [0.2, 0.25) is 0 Å². The first-order valence-corrected chi connectivity index (χ1v) is 12.1. The van der Waals surface area contributed by atoms with E-state index < -0.39 is 23.9 Å². The van der Waals surface area contributed by atoms with Crippen molar-refractivity contribution in [2.24, 2.45) is 7.05 Å². The number of nitrogens with zero attached hydrogens (tertiary/aromatic N) is 4. The minimum atomic E-state index is -3.33. The molecule has 2 aromatic heterocycles. The molecule has 11 heteroatoms. The van der Waals surface area contributed by atoms with Crippen LogP contribution in [-0.4, -0.2) is 48.9 Å². The van der Waals surface area contributed by atoms with Crippen LogP contribution in [0.1, 0.15) is 12.6 Å². The van der Waals surface area contributed by atoms with E-state index >= 15 is 0 Å². The third-order valence-electron chi connectivity index (χ3n) is 6.93. The number of phenols is 1. The van der Waals surface area contributed by atoms with Gasteiger partial charge in [0, 0.05) is 42.3 Å². The van der Waals surface area contributed by atoms with Gasteiger partial charge in [0.15, 0.2) is 0 Å². The Kier molecular flexibility index (Phi) is 6.07. The van der Waals surface area contributed by atoms with Crippen LogP contribution in [-0.2, 0) is 7.05 Å². The summed E-state index contributed by atoms with van der Waals surface area (Å²) < 4.78 is 46.2. The summed E-state index contributed by atoms with van der Waals surface area (Å²) in [6, 6.07) is 8.53. The van der Waals surface area contributed by atoms with Gasteiger partial charge in [-0.3, -0.25) is 9.55 Å². The normalized spacial score (nSPS) is 18.8. The first-order chi connectivity index (χ1) is 17.8. The Hall–Kier alpha value is -3.76. The molecular formula is C27H24ClF3N4O3. The first kappa shape index (κ1) is 25.9. The molecule has 0 unspecified atom stereocenters. The van der Waals surface area contributed by atoms with Crippen LogP contribution in [0.25, 0.3) is 27.9 Å². The van der Waals surface area contributed by atoms with Gasteiger partial charge in [0.25, 0.3) is 5.92 Å². The molecule has 0 aliphatic carbocycles. The summed E-state index contributed by atoms with van der Waals surface area (Å²) in [5, 5.41) is 21.5. The minimum Gasteiger partial charge on any atom is -0.507 e. The average molecular weight is 545 g/mol. The molecule has 1 atom stereocenters. The van der Waals surface area contributed by atoms with Crippen LogP contribution >= 0.6 is 11.6 Å². The SMILES string of the molecule is Cc1ncc(-c2cc(F)cc(-c3ccc(-n4ccn(C)c4=O)c(Cl)c3)c2O)cc1N1CC(F)(F)[C@@](C)(O)C1. The van der Waals surface area contributed by atoms with Crippen LogP contribution in [0.4, 0.5) is 18.9 Å². The number of anilines is 1. The Morgan fingerprint density at radius 1 is 1.03 bits per heavy atom. The number of phenolic OH excluding ortho intramolecular Hbond substituents is 1. The summed E-state index contributed by atoms with van der Waals surface area (Å²) in [6.45, 7) is 1.70. The third kappa shape index (κ3) is 4.23. The largest absolute Gasteiger partial charge is 0.507 e. The number of rotatable bonds is 4. The average Bonchev–Trinajstić information content (AvgIpc) is 3.28. The van der Waals surface area contributed by atoms with Gasteiger partial charge in [-0.1, -0.05) is 17.7 Å². The highest BCUT2D eigenvalue weighted by Gasteiger charge is 2.56. The van der Waals surface area contributed by atoms with E-state index in [1.807, 2.05) is 0 Å². The Bertz CT molecular complexity index is 1610. The molecule has 2 N–H and O–H groups in total. The Balaban J connectivity index is 1.56. The highest BCUT2D eigenvalue weighted by Crippen LogP contribution is 2.43. The summed E-state index contributed by atoms with van der Waals surface area (Å²) in [5.41, 5.74) is -0.368. The number of aromatic hydroxyl groups is 1. The van der Waals surface area contributed by atoms with E-state index in [-0.39, 0.29) is 34.1 Å². The van der Waals surface area contributed by atoms with Crippen molar-refractivity contribution in [1.82, 2.24) is 14.1 Å². The number of aryl methyl sites for hydroxylation is 2. The number of benzene rings is 2. The summed E-state index contributed by atoms with van der Waals surface area (Å²) in [6.07, 6.45) is 4.57. The summed E-state index contributed by atoms with van der Waals surface area (Å²) in [4.78, 5) is 17.9. The highest BCUT2D eigenvalue weighted by molar-refractivity contribution is 6.32. The number of hydrogen-bond acceptors (Lipinski definition) is 5. The second kappa shape index (κ2) is 8.92. The number of aromatic nitrogens is 3. The zero-order valence-corrected chi connectivity index (χ0v) is 21.5. The fourth-order valence-corrected chi connectivity index (χ4v) is 4.94. The first-order valence-electron chi connectivity index (χ1n) is 11.7. The monoisotopic (exact) mass is 544 g/mol. The lowest BCUT2D eigenvalue weighted by Gasteiger charge is -2.23. The van der Waals surface area contributed by atoms with Gasteiger partial charge in [0.1, 0.15) is 17.2 Å². The molecule has 0 saturated carbocycles. The number of alkyl halides is 2. The van der Waals surface area contributed by atoms with Crippen LogP contribution < -0.4 is 10.6 Å². The summed E-state index contributed by atoms with van der Waals surface area (Å²) in [7, 11) is 1.61. The number of hydrogen-bond donors (Lipinski definition) is 2. The van der Waals surface area contributed by atoms with E-state index in [4.69, 9.17) is 11.6 Å². The molecule has 1 aliphatic heterocycles. The number of halogens is 4. The van der Waals surface area contributed by atoms with E-state index in [2.05, 4.69) is 4.98 Å². The summed E-state index contributed by atoms with van der Waals surface area (Å²) >= 11 is 6.46. The lowest BCUT2D eigenvalue weighted by molar-refractivity contribution is -0.134. The quantitative estimate of drug-likeness (QED) is 0.381. The lowest BCUT2D eigenvalue weighted by atomic mass is 9.97. The number of pyridine rings is 1.